The van der Waals surface area contributed by atoms with E-state index >= 15 is 0 Å². The first-order chi connectivity index (χ1) is 9.10. The third-order valence-electron chi connectivity index (χ3n) is 3.96. The van der Waals surface area contributed by atoms with E-state index in [2.05, 4.69) is 17.1 Å². The number of aryl methyl sites for hydroxylation is 2. The Bertz CT molecular complexity index is 408. The molecular formula is C16H25FN2. The van der Waals surface area contributed by atoms with E-state index in [9.17, 15) is 4.39 Å². The Labute approximate surface area is 116 Å². The second-order valence-electron chi connectivity index (χ2n) is 5.74. The second kappa shape index (κ2) is 6.49. The molecule has 1 aromatic carbocycles. The summed E-state index contributed by atoms with van der Waals surface area (Å²) in [6.45, 7) is 11.3. The second-order valence-corrected chi connectivity index (χ2v) is 5.74. The molecule has 1 unspecified atom stereocenters. The molecule has 1 aromatic rings. The van der Waals surface area contributed by atoms with Gasteiger partial charge in [0.1, 0.15) is 5.82 Å². The van der Waals surface area contributed by atoms with Crippen molar-refractivity contribution in [2.75, 3.05) is 26.2 Å². The number of likely N-dealkylation sites (tertiary alicyclic amines) is 1. The van der Waals surface area contributed by atoms with Gasteiger partial charge in [-0.25, -0.2) is 4.39 Å². The van der Waals surface area contributed by atoms with E-state index in [1.165, 1.54) is 12.0 Å². The van der Waals surface area contributed by atoms with Crippen molar-refractivity contribution in [3.63, 3.8) is 0 Å². The van der Waals surface area contributed by atoms with Crippen molar-refractivity contribution >= 4 is 0 Å². The van der Waals surface area contributed by atoms with Crippen LogP contribution in [-0.4, -0.2) is 31.1 Å². The fourth-order valence-corrected chi connectivity index (χ4v) is 2.96. The average molecular weight is 264 g/mol. The van der Waals surface area contributed by atoms with Gasteiger partial charge in [0.05, 0.1) is 0 Å². The Morgan fingerprint density at radius 2 is 2.00 bits per heavy atom. The molecule has 106 valence electrons. The minimum absolute atomic E-state index is 0.0600. The third kappa shape index (κ3) is 3.77. The molecule has 0 saturated carbocycles. The molecule has 19 heavy (non-hydrogen) atoms. The summed E-state index contributed by atoms with van der Waals surface area (Å²) in [4.78, 5) is 2.48. The van der Waals surface area contributed by atoms with E-state index in [1.54, 1.807) is 0 Å². The zero-order valence-corrected chi connectivity index (χ0v) is 12.3. The zero-order valence-electron chi connectivity index (χ0n) is 12.3. The smallest absolute Gasteiger partial charge is 0.129 e. The highest BCUT2D eigenvalue weighted by Crippen LogP contribution is 2.20. The maximum Gasteiger partial charge on any atom is 0.129 e. The molecule has 1 fully saturated rings. The molecule has 0 spiro atoms. The van der Waals surface area contributed by atoms with Crippen LogP contribution in [0.15, 0.2) is 12.1 Å². The predicted octanol–water partition coefficient (Wildman–Crippen LogP) is 2.87. The summed E-state index contributed by atoms with van der Waals surface area (Å²) in [5.41, 5.74) is 2.76. The Morgan fingerprint density at radius 1 is 1.32 bits per heavy atom. The van der Waals surface area contributed by atoms with E-state index in [0.29, 0.717) is 0 Å². The van der Waals surface area contributed by atoms with E-state index < -0.39 is 0 Å². The van der Waals surface area contributed by atoms with Crippen LogP contribution in [0.25, 0.3) is 0 Å². The molecule has 2 nitrogen and oxygen atoms in total. The summed E-state index contributed by atoms with van der Waals surface area (Å²) in [5.74, 6) is 0.706. The van der Waals surface area contributed by atoms with E-state index in [1.807, 2.05) is 26.0 Å². The number of nitrogens with zero attached hydrogens (tertiary/aromatic N) is 1. The monoisotopic (exact) mass is 264 g/mol. The van der Waals surface area contributed by atoms with Gasteiger partial charge in [-0.2, -0.15) is 0 Å². The standard InChI is InChI=1S/C16H25FN2/c1-4-18-9-14-5-6-19(10-14)11-15-7-12(2)16(17)13(3)8-15/h7-8,14,18H,4-6,9-11H2,1-3H3. The number of nitrogens with one attached hydrogen (secondary N) is 1. The largest absolute Gasteiger partial charge is 0.317 e. The van der Waals surface area contributed by atoms with E-state index in [0.717, 1.165) is 49.8 Å². The van der Waals surface area contributed by atoms with Crippen molar-refractivity contribution in [1.82, 2.24) is 10.2 Å². The Kier molecular flexibility index (Phi) is 4.94. The molecule has 3 heteroatoms. The van der Waals surface area contributed by atoms with Gasteiger partial charge >= 0.3 is 0 Å². The number of hydrogen-bond donors (Lipinski definition) is 1. The van der Waals surface area contributed by atoms with Crippen LogP contribution in [0.3, 0.4) is 0 Å². The van der Waals surface area contributed by atoms with Gasteiger partial charge in [-0.1, -0.05) is 19.1 Å². The fraction of sp³-hybridized carbons (Fsp3) is 0.625. The molecule has 1 N–H and O–H groups in total. The summed E-state index contributed by atoms with van der Waals surface area (Å²) < 4.78 is 13.6. The minimum Gasteiger partial charge on any atom is -0.317 e. The lowest BCUT2D eigenvalue weighted by Gasteiger charge is -2.17. The molecule has 1 heterocycles. The zero-order chi connectivity index (χ0) is 13.8. The SMILES string of the molecule is CCNCC1CCN(Cc2cc(C)c(F)c(C)c2)C1. The number of rotatable bonds is 5. The van der Waals surface area contributed by atoms with Gasteiger partial charge in [-0.15, -0.1) is 0 Å². The maximum atomic E-state index is 13.6. The van der Waals surface area contributed by atoms with Gasteiger partial charge in [0.25, 0.3) is 0 Å². The Hall–Kier alpha value is -0.930. The molecule has 0 radical (unpaired) electrons. The summed E-state index contributed by atoms with van der Waals surface area (Å²) in [7, 11) is 0. The van der Waals surface area contributed by atoms with Gasteiger partial charge in [0.15, 0.2) is 0 Å². The van der Waals surface area contributed by atoms with Crippen molar-refractivity contribution in [1.29, 1.82) is 0 Å². The molecule has 2 rings (SSSR count). The van der Waals surface area contributed by atoms with Gasteiger partial charge in [0, 0.05) is 13.1 Å². The van der Waals surface area contributed by atoms with E-state index in [4.69, 9.17) is 0 Å². The summed E-state index contributed by atoms with van der Waals surface area (Å²) in [6, 6.07) is 3.97. The first-order valence-electron chi connectivity index (χ1n) is 7.28. The normalized spacial score (nSPS) is 20.1. The molecular weight excluding hydrogens is 239 g/mol. The summed E-state index contributed by atoms with van der Waals surface area (Å²) >= 11 is 0. The molecule has 1 aliphatic rings. The Balaban J connectivity index is 1.92. The molecule has 0 bridgehead atoms. The summed E-state index contributed by atoms with van der Waals surface area (Å²) in [6.07, 6.45) is 1.27. The van der Waals surface area contributed by atoms with Crippen LogP contribution < -0.4 is 5.32 Å². The van der Waals surface area contributed by atoms with Crippen molar-refractivity contribution in [2.24, 2.45) is 5.92 Å². The molecule has 1 aliphatic heterocycles. The maximum absolute atomic E-state index is 13.6. The lowest BCUT2D eigenvalue weighted by atomic mass is 10.1. The topological polar surface area (TPSA) is 15.3 Å². The quantitative estimate of drug-likeness (QED) is 0.879. The van der Waals surface area contributed by atoms with Crippen LogP contribution in [0.1, 0.15) is 30.0 Å². The fourth-order valence-electron chi connectivity index (χ4n) is 2.96. The number of hydrogen-bond acceptors (Lipinski definition) is 2. The average Bonchev–Trinajstić information content (AvgIpc) is 2.81. The lowest BCUT2D eigenvalue weighted by molar-refractivity contribution is 0.314. The van der Waals surface area contributed by atoms with Crippen LogP contribution in [0, 0.1) is 25.6 Å². The molecule has 0 aliphatic carbocycles. The van der Waals surface area contributed by atoms with Crippen molar-refractivity contribution < 1.29 is 4.39 Å². The molecule has 1 atom stereocenters. The number of benzene rings is 1. The highest BCUT2D eigenvalue weighted by atomic mass is 19.1. The van der Waals surface area contributed by atoms with Crippen LogP contribution in [0.2, 0.25) is 0 Å². The van der Waals surface area contributed by atoms with Crippen molar-refractivity contribution in [3.05, 3.63) is 34.6 Å². The molecule has 0 amide bonds. The first-order valence-corrected chi connectivity index (χ1v) is 7.28. The number of halogens is 1. The lowest BCUT2D eigenvalue weighted by Crippen LogP contribution is -2.26. The highest BCUT2D eigenvalue weighted by molar-refractivity contribution is 5.30. The van der Waals surface area contributed by atoms with Crippen LogP contribution in [0.4, 0.5) is 4.39 Å². The van der Waals surface area contributed by atoms with Gasteiger partial charge in [-0.05, 0) is 62.5 Å². The predicted molar refractivity (Wildman–Crippen MR) is 77.8 cm³/mol. The highest BCUT2D eigenvalue weighted by Gasteiger charge is 2.22. The van der Waals surface area contributed by atoms with E-state index in [-0.39, 0.29) is 5.82 Å². The van der Waals surface area contributed by atoms with Crippen molar-refractivity contribution in [2.45, 2.75) is 33.7 Å². The van der Waals surface area contributed by atoms with Gasteiger partial charge < -0.3 is 5.32 Å². The first kappa shape index (κ1) is 14.5. The Morgan fingerprint density at radius 3 is 2.63 bits per heavy atom. The van der Waals surface area contributed by atoms with Crippen LogP contribution in [0.5, 0.6) is 0 Å². The minimum atomic E-state index is -0.0600. The van der Waals surface area contributed by atoms with Crippen molar-refractivity contribution in [3.8, 4) is 0 Å². The van der Waals surface area contributed by atoms with Crippen LogP contribution >= 0.6 is 0 Å². The third-order valence-corrected chi connectivity index (χ3v) is 3.96. The molecule has 1 saturated heterocycles. The van der Waals surface area contributed by atoms with Gasteiger partial charge in [-0.3, -0.25) is 4.90 Å². The molecule has 0 aromatic heterocycles. The van der Waals surface area contributed by atoms with Crippen LogP contribution in [-0.2, 0) is 6.54 Å². The van der Waals surface area contributed by atoms with Gasteiger partial charge in [0.2, 0.25) is 0 Å². The summed E-state index contributed by atoms with van der Waals surface area (Å²) in [5, 5.41) is 3.42.